The summed E-state index contributed by atoms with van der Waals surface area (Å²) in [6, 6.07) is 7.38. The van der Waals surface area contributed by atoms with Gasteiger partial charge in [-0.15, -0.1) is 11.6 Å². The van der Waals surface area contributed by atoms with Crippen LogP contribution in [0.2, 0.25) is 5.02 Å². The van der Waals surface area contributed by atoms with Crippen molar-refractivity contribution in [3.8, 4) is 11.5 Å². The van der Waals surface area contributed by atoms with E-state index in [0.29, 0.717) is 29.0 Å². The smallest absolute Gasteiger partial charge is 0.180 e. The van der Waals surface area contributed by atoms with Crippen LogP contribution in [0.1, 0.15) is 11.1 Å². The molecule has 2 aromatic rings. The van der Waals surface area contributed by atoms with Crippen molar-refractivity contribution >= 4 is 23.2 Å². The molecule has 0 bridgehead atoms. The average Bonchev–Trinajstić information content (AvgIpc) is 2.46. The SMILES string of the molecule is COc1cc(CCl)cc(Cl)c1OCc1cccnc1. The van der Waals surface area contributed by atoms with Crippen LogP contribution in [0, 0.1) is 0 Å². The Morgan fingerprint density at radius 2 is 2.11 bits per heavy atom. The van der Waals surface area contributed by atoms with Gasteiger partial charge in [0.25, 0.3) is 0 Å². The molecule has 0 aliphatic heterocycles. The number of pyridine rings is 1. The largest absolute Gasteiger partial charge is 0.493 e. The van der Waals surface area contributed by atoms with Gasteiger partial charge < -0.3 is 9.47 Å². The summed E-state index contributed by atoms with van der Waals surface area (Å²) in [6.45, 7) is 0.379. The molecule has 1 aromatic carbocycles. The maximum atomic E-state index is 6.18. The molecule has 0 fully saturated rings. The molecule has 5 heteroatoms. The Morgan fingerprint density at radius 3 is 2.74 bits per heavy atom. The average molecular weight is 298 g/mol. The van der Waals surface area contributed by atoms with Gasteiger partial charge in [-0.25, -0.2) is 0 Å². The second-order valence-electron chi connectivity index (χ2n) is 3.89. The third kappa shape index (κ3) is 3.52. The van der Waals surface area contributed by atoms with E-state index in [1.807, 2.05) is 18.2 Å². The molecule has 0 saturated heterocycles. The van der Waals surface area contributed by atoms with Gasteiger partial charge in [-0.3, -0.25) is 4.98 Å². The summed E-state index contributed by atoms with van der Waals surface area (Å²) in [7, 11) is 1.57. The van der Waals surface area contributed by atoms with Crippen LogP contribution >= 0.6 is 23.2 Å². The van der Waals surface area contributed by atoms with Crippen molar-refractivity contribution < 1.29 is 9.47 Å². The van der Waals surface area contributed by atoms with Gasteiger partial charge in [0.05, 0.1) is 12.1 Å². The zero-order chi connectivity index (χ0) is 13.7. The molecule has 0 spiro atoms. The summed E-state index contributed by atoms with van der Waals surface area (Å²) in [6.07, 6.45) is 3.46. The zero-order valence-corrected chi connectivity index (χ0v) is 11.9. The first-order valence-corrected chi connectivity index (χ1v) is 6.60. The summed E-state index contributed by atoms with van der Waals surface area (Å²) in [4.78, 5) is 4.03. The minimum absolute atomic E-state index is 0.374. The van der Waals surface area contributed by atoms with E-state index in [1.54, 1.807) is 25.6 Å². The van der Waals surface area contributed by atoms with Gasteiger partial charge in [-0.1, -0.05) is 17.7 Å². The Morgan fingerprint density at radius 1 is 1.26 bits per heavy atom. The zero-order valence-electron chi connectivity index (χ0n) is 10.4. The van der Waals surface area contributed by atoms with Gasteiger partial charge in [-0.05, 0) is 23.8 Å². The van der Waals surface area contributed by atoms with E-state index < -0.39 is 0 Å². The fourth-order valence-corrected chi connectivity index (χ4v) is 2.07. The Kier molecular flexibility index (Phi) is 4.88. The molecule has 0 aliphatic carbocycles. The number of nitrogens with zero attached hydrogens (tertiary/aromatic N) is 1. The fraction of sp³-hybridized carbons (Fsp3) is 0.214. The van der Waals surface area contributed by atoms with E-state index in [-0.39, 0.29) is 0 Å². The Hall–Kier alpha value is -1.45. The molecule has 0 amide bonds. The number of hydrogen-bond donors (Lipinski definition) is 0. The third-order valence-electron chi connectivity index (χ3n) is 2.55. The topological polar surface area (TPSA) is 31.4 Å². The first kappa shape index (κ1) is 14.0. The van der Waals surface area contributed by atoms with E-state index in [9.17, 15) is 0 Å². The van der Waals surface area contributed by atoms with Crippen molar-refractivity contribution in [1.29, 1.82) is 0 Å². The molecule has 0 aliphatic rings. The van der Waals surface area contributed by atoms with Crippen LogP contribution in [0.4, 0.5) is 0 Å². The van der Waals surface area contributed by atoms with Crippen LogP contribution in [0.15, 0.2) is 36.7 Å². The summed E-state index contributed by atoms with van der Waals surface area (Å²) < 4.78 is 11.0. The second kappa shape index (κ2) is 6.64. The van der Waals surface area contributed by atoms with Gasteiger partial charge in [0.2, 0.25) is 0 Å². The van der Waals surface area contributed by atoms with Crippen molar-refractivity contribution in [3.63, 3.8) is 0 Å². The first-order chi connectivity index (χ1) is 9.24. The molecule has 100 valence electrons. The van der Waals surface area contributed by atoms with Gasteiger partial charge in [-0.2, -0.15) is 0 Å². The Balaban J connectivity index is 2.20. The number of hydrogen-bond acceptors (Lipinski definition) is 3. The molecular formula is C14H13Cl2NO2. The number of benzene rings is 1. The van der Waals surface area contributed by atoms with Crippen LogP contribution in [0.5, 0.6) is 11.5 Å². The number of alkyl halides is 1. The molecule has 1 aromatic heterocycles. The molecule has 0 radical (unpaired) electrons. The van der Waals surface area contributed by atoms with E-state index in [4.69, 9.17) is 32.7 Å². The van der Waals surface area contributed by atoms with Crippen molar-refractivity contribution in [1.82, 2.24) is 4.98 Å². The van der Waals surface area contributed by atoms with Crippen molar-refractivity contribution in [3.05, 3.63) is 52.8 Å². The lowest BCUT2D eigenvalue weighted by atomic mass is 10.2. The molecule has 1 heterocycles. The van der Waals surface area contributed by atoms with Crippen molar-refractivity contribution in [2.24, 2.45) is 0 Å². The molecule has 2 rings (SSSR count). The number of methoxy groups -OCH3 is 1. The van der Waals surface area contributed by atoms with Crippen molar-refractivity contribution in [2.75, 3.05) is 7.11 Å². The number of rotatable bonds is 5. The summed E-state index contributed by atoms with van der Waals surface area (Å²) in [5.74, 6) is 1.47. The monoisotopic (exact) mass is 297 g/mol. The molecule has 19 heavy (non-hydrogen) atoms. The van der Waals surface area contributed by atoms with E-state index >= 15 is 0 Å². The van der Waals surface area contributed by atoms with Crippen LogP contribution in [-0.2, 0) is 12.5 Å². The van der Waals surface area contributed by atoms with Crippen LogP contribution < -0.4 is 9.47 Å². The number of ether oxygens (including phenoxy) is 2. The molecule has 0 atom stereocenters. The minimum atomic E-state index is 0.374. The maximum absolute atomic E-state index is 6.18. The molecule has 0 N–H and O–H groups in total. The lowest BCUT2D eigenvalue weighted by Gasteiger charge is -2.13. The highest BCUT2D eigenvalue weighted by atomic mass is 35.5. The normalized spacial score (nSPS) is 10.3. The van der Waals surface area contributed by atoms with Crippen molar-refractivity contribution in [2.45, 2.75) is 12.5 Å². The quantitative estimate of drug-likeness (QED) is 0.780. The second-order valence-corrected chi connectivity index (χ2v) is 4.57. The summed E-state index contributed by atoms with van der Waals surface area (Å²) >= 11 is 12.0. The van der Waals surface area contributed by atoms with Gasteiger partial charge >= 0.3 is 0 Å². The van der Waals surface area contributed by atoms with Gasteiger partial charge in [0.1, 0.15) is 6.61 Å². The highest BCUT2D eigenvalue weighted by Crippen LogP contribution is 2.37. The van der Waals surface area contributed by atoms with Gasteiger partial charge in [0, 0.05) is 23.8 Å². The minimum Gasteiger partial charge on any atom is -0.493 e. The standard InChI is InChI=1S/C14H13Cl2NO2/c1-18-13-6-11(7-15)5-12(16)14(13)19-9-10-3-2-4-17-8-10/h2-6,8H,7,9H2,1H3. The first-order valence-electron chi connectivity index (χ1n) is 5.68. The predicted molar refractivity (Wildman–Crippen MR) is 76.1 cm³/mol. The molecule has 0 saturated carbocycles. The van der Waals surface area contributed by atoms with Crippen LogP contribution in [-0.4, -0.2) is 12.1 Å². The van der Waals surface area contributed by atoms with Crippen LogP contribution in [0.3, 0.4) is 0 Å². The third-order valence-corrected chi connectivity index (χ3v) is 3.14. The predicted octanol–water partition coefficient (Wildman–Crippen LogP) is 4.06. The fourth-order valence-electron chi connectivity index (χ4n) is 1.63. The lowest BCUT2D eigenvalue weighted by molar-refractivity contribution is 0.284. The highest BCUT2D eigenvalue weighted by molar-refractivity contribution is 6.32. The van der Waals surface area contributed by atoms with E-state index in [1.165, 1.54) is 0 Å². The molecule has 0 unspecified atom stereocenters. The Labute approximate surface area is 122 Å². The highest BCUT2D eigenvalue weighted by Gasteiger charge is 2.12. The Bertz CT molecular complexity index is 547. The maximum Gasteiger partial charge on any atom is 0.180 e. The van der Waals surface area contributed by atoms with E-state index in [0.717, 1.165) is 11.1 Å². The van der Waals surface area contributed by atoms with E-state index in [2.05, 4.69) is 4.98 Å². The molecular weight excluding hydrogens is 285 g/mol. The van der Waals surface area contributed by atoms with Crippen LogP contribution in [0.25, 0.3) is 0 Å². The summed E-state index contributed by atoms with van der Waals surface area (Å²) in [5.41, 5.74) is 1.85. The molecule has 3 nitrogen and oxygen atoms in total. The lowest BCUT2D eigenvalue weighted by Crippen LogP contribution is -1.99. The summed E-state index contributed by atoms with van der Waals surface area (Å²) in [5, 5.41) is 0.485. The number of halogens is 2. The van der Waals surface area contributed by atoms with Gasteiger partial charge in [0.15, 0.2) is 11.5 Å². The number of aromatic nitrogens is 1.